The molecule has 0 aliphatic carbocycles. The van der Waals surface area contributed by atoms with Crippen LogP contribution < -0.4 is 5.32 Å². The molecule has 2 rings (SSSR count). The van der Waals surface area contributed by atoms with Gasteiger partial charge in [0.15, 0.2) is 0 Å². The minimum absolute atomic E-state index is 0.279. The summed E-state index contributed by atoms with van der Waals surface area (Å²) < 4.78 is 0. The fourth-order valence-corrected chi connectivity index (χ4v) is 2.89. The Hall–Kier alpha value is -1.38. The van der Waals surface area contributed by atoms with Crippen LogP contribution in [-0.4, -0.2) is 11.5 Å². The van der Waals surface area contributed by atoms with E-state index in [0.717, 1.165) is 23.6 Å². The number of benzene rings is 1. The van der Waals surface area contributed by atoms with Gasteiger partial charge in [0, 0.05) is 18.4 Å². The van der Waals surface area contributed by atoms with Crippen LogP contribution in [0.1, 0.15) is 35.2 Å². The number of nitrogens with zero attached hydrogens (tertiary/aromatic N) is 1. The molecule has 0 fully saturated rings. The van der Waals surface area contributed by atoms with Crippen molar-refractivity contribution in [2.45, 2.75) is 33.2 Å². The number of rotatable bonds is 5. The Morgan fingerprint density at radius 3 is 2.50 bits per heavy atom. The van der Waals surface area contributed by atoms with Crippen LogP contribution in [-0.2, 0) is 6.42 Å². The van der Waals surface area contributed by atoms with Crippen LogP contribution in [0, 0.1) is 13.8 Å². The zero-order chi connectivity index (χ0) is 14.5. The molecule has 1 N–H and O–H groups in total. The van der Waals surface area contributed by atoms with Crippen molar-refractivity contribution >= 4 is 11.6 Å². The van der Waals surface area contributed by atoms with Crippen LogP contribution in [0.3, 0.4) is 0 Å². The average Bonchev–Trinajstić information content (AvgIpc) is 2.41. The van der Waals surface area contributed by atoms with Gasteiger partial charge in [-0.25, -0.2) is 0 Å². The lowest BCUT2D eigenvalue weighted by molar-refractivity contribution is 0.544. The number of aromatic nitrogens is 1. The third kappa shape index (κ3) is 3.38. The summed E-state index contributed by atoms with van der Waals surface area (Å²) in [4.78, 5) is 4.05. The number of hydrogen-bond acceptors (Lipinski definition) is 2. The lowest BCUT2D eigenvalue weighted by atomic mass is 9.92. The first-order valence-electron chi connectivity index (χ1n) is 7.01. The first-order valence-corrected chi connectivity index (χ1v) is 7.39. The minimum atomic E-state index is 0.279. The van der Waals surface area contributed by atoms with Crippen molar-refractivity contribution in [2.24, 2.45) is 0 Å². The Morgan fingerprint density at radius 1 is 1.20 bits per heavy atom. The fourth-order valence-electron chi connectivity index (χ4n) is 2.69. The number of likely N-dealkylation sites (N-methyl/N-ethyl adjacent to an activating group) is 1. The van der Waals surface area contributed by atoms with Gasteiger partial charge in [-0.15, -0.1) is 0 Å². The van der Waals surface area contributed by atoms with Gasteiger partial charge in [0.25, 0.3) is 0 Å². The molecule has 106 valence electrons. The molecule has 0 saturated heterocycles. The monoisotopic (exact) mass is 288 g/mol. The Morgan fingerprint density at radius 2 is 1.90 bits per heavy atom. The minimum Gasteiger partial charge on any atom is -0.310 e. The van der Waals surface area contributed by atoms with E-state index in [9.17, 15) is 0 Å². The van der Waals surface area contributed by atoms with E-state index in [4.69, 9.17) is 11.6 Å². The van der Waals surface area contributed by atoms with E-state index >= 15 is 0 Å². The largest absolute Gasteiger partial charge is 0.310 e. The molecular weight excluding hydrogens is 268 g/mol. The van der Waals surface area contributed by atoms with E-state index < -0.39 is 0 Å². The molecule has 1 aromatic carbocycles. The third-order valence-electron chi connectivity index (χ3n) is 3.62. The van der Waals surface area contributed by atoms with Gasteiger partial charge in [-0.3, -0.25) is 4.98 Å². The topological polar surface area (TPSA) is 24.9 Å². The molecule has 1 heterocycles. The molecule has 1 unspecified atom stereocenters. The fraction of sp³-hybridized carbons (Fsp3) is 0.353. The molecule has 0 saturated carbocycles. The molecule has 0 spiro atoms. The van der Waals surface area contributed by atoms with Crippen molar-refractivity contribution in [1.29, 1.82) is 0 Å². The number of halogens is 1. The van der Waals surface area contributed by atoms with E-state index in [-0.39, 0.29) is 6.04 Å². The third-order valence-corrected chi connectivity index (χ3v) is 3.96. The van der Waals surface area contributed by atoms with E-state index in [2.05, 4.69) is 49.3 Å². The highest BCUT2D eigenvalue weighted by atomic mass is 35.5. The SMILES string of the molecule is CCNC(Cc1ccncc1Cl)c1c(C)cccc1C. The van der Waals surface area contributed by atoms with Gasteiger partial charge in [0.2, 0.25) is 0 Å². The molecule has 1 atom stereocenters. The molecule has 2 nitrogen and oxygen atoms in total. The summed E-state index contributed by atoms with van der Waals surface area (Å²) in [5.41, 5.74) is 5.15. The predicted octanol–water partition coefficient (Wildman–Crippen LogP) is 4.25. The van der Waals surface area contributed by atoms with Gasteiger partial charge in [0.05, 0.1) is 5.02 Å². The van der Waals surface area contributed by atoms with Crippen LogP contribution in [0.15, 0.2) is 36.7 Å². The molecule has 20 heavy (non-hydrogen) atoms. The summed E-state index contributed by atoms with van der Waals surface area (Å²) >= 11 is 6.25. The molecule has 2 aromatic rings. The van der Waals surface area contributed by atoms with Crippen LogP contribution in [0.4, 0.5) is 0 Å². The van der Waals surface area contributed by atoms with E-state index in [0.29, 0.717) is 0 Å². The lowest BCUT2D eigenvalue weighted by Crippen LogP contribution is -2.24. The predicted molar refractivity (Wildman–Crippen MR) is 85.3 cm³/mol. The van der Waals surface area contributed by atoms with Gasteiger partial charge in [-0.1, -0.05) is 36.7 Å². The zero-order valence-electron chi connectivity index (χ0n) is 12.3. The van der Waals surface area contributed by atoms with Gasteiger partial charge in [0.1, 0.15) is 0 Å². The lowest BCUT2D eigenvalue weighted by Gasteiger charge is -2.23. The average molecular weight is 289 g/mol. The number of aryl methyl sites for hydroxylation is 2. The molecular formula is C17H21ClN2. The highest BCUT2D eigenvalue weighted by Gasteiger charge is 2.16. The highest BCUT2D eigenvalue weighted by Crippen LogP contribution is 2.27. The molecule has 0 bridgehead atoms. The van der Waals surface area contributed by atoms with Crippen LogP contribution in [0.2, 0.25) is 5.02 Å². The van der Waals surface area contributed by atoms with Crippen LogP contribution >= 0.6 is 11.6 Å². The maximum absolute atomic E-state index is 6.25. The number of hydrogen-bond donors (Lipinski definition) is 1. The van der Waals surface area contributed by atoms with Crippen molar-refractivity contribution in [1.82, 2.24) is 10.3 Å². The molecule has 0 aliphatic rings. The van der Waals surface area contributed by atoms with Crippen molar-refractivity contribution in [3.05, 3.63) is 63.9 Å². The Kier molecular flexibility index (Phi) is 5.16. The van der Waals surface area contributed by atoms with E-state index in [1.807, 2.05) is 6.07 Å². The summed E-state index contributed by atoms with van der Waals surface area (Å²) in [5, 5.41) is 4.31. The normalized spacial score (nSPS) is 12.4. The number of pyridine rings is 1. The molecule has 3 heteroatoms. The maximum atomic E-state index is 6.25. The smallest absolute Gasteiger partial charge is 0.0622 e. The summed E-state index contributed by atoms with van der Waals surface area (Å²) in [6, 6.07) is 8.72. The molecule has 0 aliphatic heterocycles. The van der Waals surface area contributed by atoms with Crippen molar-refractivity contribution in [2.75, 3.05) is 6.54 Å². The second-order valence-electron chi connectivity index (χ2n) is 5.09. The summed E-state index contributed by atoms with van der Waals surface area (Å²) in [5.74, 6) is 0. The zero-order valence-corrected chi connectivity index (χ0v) is 13.0. The second kappa shape index (κ2) is 6.87. The molecule has 0 amide bonds. The van der Waals surface area contributed by atoms with Crippen LogP contribution in [0.5, 0.6) is 0 Å². The maximum Gasteiger partial charge on any atom is 0.0622 e. The first-order chi connectivity index (χ1) is 9.63. The van der Waals surface area contributed by atoms with Crippen LogP contribution in [0.25, 0.3) is 0 Å². The standard InChI is InChI=1S/C17H21ClN2/c1-4-20-16(10-14-8-9-19-11-15(14)18)17-12(2)6-5-7-13(17)3/h5-9,11,16,20H,4,10H2,1-3H3. The first kappa shape index (κ1) is 15.0. The second-order valence-corrected chi connectivity index (χ2v) is 5.49. The van der Waals surface area contributed by atoms with Crippen molar-refractivity contribution in [3.63, 3.8) is 0 Å². The molecule has 1 aromatic heterocycles. The van der Waals surface area contributed by atoms with Gasteiger partial charge >= 0.3 is 0 Å². The highest BCUT2D eigenvalue weighted by molar-refractivity contribution is 6.31. The Bertz CT molecular complexity index is 561. The Labute approximate surface area is 126 Å². The van der Waals surface area contributed by atoms with Gasteiger partial charge < -0.3 is 5.32 Å². The quantitative estimate of drug-likeness (QED) is 0.890. The van der Waals surface area contributed by atoms with Crippen molar-refractivity contribution < 1.29 is 0 Å². The molecule has 0 radical (unpaired) electrons. The summed E-state index contributed by atoms with van der Waals surface area (Å²) in [6.45, 7) is 7.40. The van der Waals surface area contributed by atoms with E-state index in [1.165, 1.54) is 16.7 Å². The van der Waals surface area contributed by atoms with Crippen molar-refractivity contribution in [3.8, 4) is 0 Å². The Balaban J connectivity index is 2.35. The van der Waals surface area contributed by atoms with Gasteiger partial charge in [-0.05, 0) is 55.1 Å². The summed E-state index contributed by atoms with van der Waals surface area (Å²) in [6.07, 6.45) is 4.39. The van der Waals surface area contributed by atoms with Gasteiger partial charge in [-0.2, -0.15) is 0 Å². The number of nitrogens with one attached hydrogen (secondary N) is 1. The van der Waals surface area contributed by atoms with E-state index in [1.54, 1.807) is 12.4 Å². The summed E-state index contributed by atoms with van der Waals surface area (Å²) in [7, 11) is 0.